The minimum absolute atomic E-state index is 0.259. The van der Waals surface area contributed by atoms with Gasteiger partial charge in [0.1, 0.15) is 0 Å². The Hall–Kier alpha value is -2.47. The van der Waals surface area contributed by atoms with Gasteiger partial charge in [-0.2, -0.15) is 9.90 Å². The fourth-order valence-electron chi connectivity index (χ4n) is 1.80. The molecule has 0 aliphatic carbocycles. The summed E-state index contributed by atoms with van der Waals surface area (Å²) < 4.78 is 0.814. The molecule has 1 heterocycles. The molecule has 6 heteroatoms. The van der Waals surface area contributed by atoms with E-state index in [0.717, 1.165) is 10.2 Å². The average Bonchev–Trinajstić information content (AvgIpc) is 3.00. The number of benzene rings is 2. The van der Waals surface area contributed by atoms with Crippen molar-refractivity contribution in [1.29, 1.82) is 0 Å². The second-order valence-corrected chi connectivity index (χ2v) is 5.14. The van der Waals surface area contributed by atoms with E-state index in [1.54, 1.807) is 0 Å². The lowest BCUT2D eigenvalue weighted by Crippen LogP contribution is -2.13. The van der Waals surface area contributed by atoms with E-state index in [9.17, 15) is 4.79 Å². The number of carbonyl (C=O) groups is 1. The van der Waals surface area contributed by atoms with Crippen molar-refractivity contribution in [3.63, 3.8) is 0 Å². The lowest BCUT2D eigenvalue weighted by atomic mass is 10.3. The van der Waals surface area contributed by atoms with Crippen molar-refractivity contribution in [2.24, 2.45) is 0 Å². The number of anilines is 1. The number of para-hydroxylation sites is 2. The highest BCUT2D eigenvalue weighted by Crippen LogP contribution is 2.21. The second kappa shape index (κ2) is 5.88. The van der Waals surface area contributed by atoms with E-state index in [2.05, 4.69) is 31.4 Å². The summed E-state index contributed by atoms with van der Waals surface area (Å²) in [5.41, 5.74) is 1.75. The SMILES string of the molecule is O=C(Nc1ccccc1Br)c1cnn(-c2ccccc2)n1. The maximum absolute atomic E-state index is 12.2. The Bertz CT molecular complexity index is 770. The van der Waals surface area contributed by atoms with Crippen molar-refractivity contribution in [2.45, 2.75) is 0 Å². The summed E-state index contributed by atoms with van der Waals surface area (Å²) in [6.07, 6.45) is 1.44. The van der Waals surface area contributed by atoms with Crippen LogP contribution in [0.15, 0.2) is 65.3 Å². The van der Waals surface area contributed by atoms with E-state index in [-0.39, 0.29) is 11.6 Å². The highest BCUT2D eigenvalue weighted by Gasteiger charge is 2.12. The van der Waals surface area contributed by atoms with Crippen LogP contribution >= 0.6 is 15.9 Å². The van der Waals surface area contributed by atoms with Crippen molar-refractivity contribution in [2.75, 3.05) is 5.32 Å². The molecule has 0 unspecified atom stereocenters. The third kappa shape index (κ3) is 3.00. The number of amides is 1. The number of rotatable bonds is 3. The molecule has 1 aromatic heterocycles. The van der Waals surface area contributed by atoms with Crippen LogP contribution in [0.3, 0.4) is 0 Å². The van der Waals surface area contributed by atoms with Gasteiger partial charge in [0.15, 0.2) is 5.69 Å². The first-order chi connectivity index (χ1) is 10.2. The van der Waals surface area contributed by atoms with Crippen molar-refractivity contribution < 1.29 is 4.79 Å². The zero-order valence-electron chi connectivity index (χ0n) is 10.9. The quantitative estimate of drug-likeness (QED) is 0.794. The Morgan fingerprint density at radius 2 is 1.76 bits per heavy atom. The Labute approximate surface area is 129 Å². The Balaban J connectivity index is 1.80. The van der Waals surface area contributed by atoms with Gasteiger partial charge in [-0.1, -0.05) is 30.3 Å². The van der Waals surface area contributed by atoms with Crippen LogP contribution < -0.4 is 5.32 Å². The van der Waals surface area contributed by atoms with Gasteiger partial charge in [0.2, 0.25) is 0 Å². The lowest BCUT2D eigenvalue weighted by Gasteiger charge is -2.04. The summed E-state index contributed by atoms with van der Waals surface area (Å²) in [7, 11) is 0. The van der Waals surface area contributed by atoms with Gasteiger partial charge in [-0.25, -0.2) is 0 Å². The van der Waals surface area contributed by atoms with Gasteiger partial charge in [0.05, 0.1) is 17.6 Å². The van der Waals surface area contributed by atoms with Crippen LogP contribution in [0.1, 0.15) is 10.5 Å². The molecular formula is C15H11BrN4O. The molecule has 21 heavy (non-hydrogen) atoms. The van der Waals surface area contributed by atoms with Crippen LogP contribution in [0.25, 0.3) is 5.69 Å². The van der Waals surface area contributed by atoms with Crippen LogP contribution in [0, 0.1) is 0 Å². The molecular weight excluding hydrogens is 332 g/mol. The smallest absolute Gasteiger partial charge is 0.277 e. The second-order valence-electron chi connectivity index (χ2n) is 4.29. The van der Waals surface area contributed by atoms with Crippen LogP contribution in [-0.4, -0.2) is 20.9 Å². The Morgan fingerprint density at radius 3 is 2.52 bits per heavy atom. The van der Waals surface area contributed by atoms with Gasteiger partial charge >= 0.3 is 0 Å². The third-order valence-electron chi connectivity index (χ3n) is 2.83. The minimum Gasteiger partial charge on any atom is -0.319 e. The van der Waals surface area contributed by atoms with Gasteiger partial charge in [-0.3, -0.25) is 4.79 Å². The fourth-order valence-corrected chi connectivity index (χ4v) is 2.19. The van der Waals surface area contributed by atoms with E-state index < -0.39 is 0 Å². The molecule has 0 bridgehead atoms. The number of hydrogen-bond acceptors (Lipinski definition) is 3. The van der Waals surface area contributed by atoms with Gasteiger partial charge < -0.3 is 5.32 Å². The number of carbonyl (C=O) groups excluding carboxylic acids is 1. The molecule has 0 fully saturated rings. The van der Waals surface area contributed by atoms with Crippen molar-refractivity contribution in [3.05, 3.63) is 71.0 Å². The highest BCUT2D eigenvalue weighted by atomic mass is 79.9. The molecule has 2 aromatic carbocycles. The first-order valence-corrected chi connectivity index (χ1v) is 7.07. The number of halogens is 1. The Morgan fingerprint density at radius 1 is 1.05 bits per heavy atom. The molecule has 0 saturated carbocycles. The van der Waals surface area contributed by atoms with Gasteiger partial charge in [0, 0.05) is 4.47 Å². The number of nitrogens with zero attached hydrogens (tertiary/aromatic N) is 3. The largest absolute Gasteiger partial charge is 0.319 e. The molecule has 1 amide bonds. The van der Waals surface area contributed by atoms with E-state index >= 15 is 0 Å². The summed E-state index contributed by atoms with van der Waals surface area (Å²) in [6.45, 7) is 0. The summed E-state index contributed by atoms with van der Waals surface area (Å²) >= 11 is 3.38. The predicted molar refractivity (Wildman–Crippen MR) is 83.5 cm³/mol. The molecule has 0 aliphatic heterocycles. The third-order valence-corrected chi connectivity index (χ3v) is 3.53. The average molecular weight is 343 g/mol. The lowest BCUT2D eigenvalue weighted by molar-refractivity contribution is 0.102. The number of nitrogens with one attached hydrogen (secondary N) is 1. The van der Waals surface area contributed by atoms with E-state index in [1.807, 2.05) is 54.6 Å². The number of aromatic nitrogens is 3. The number of hydrogen-bond donors (Lipinski definition) is 1. The zero-order chi connectivity index (χ0) is 14.7. The molecule has 1 N–H and O–H groups in total. The van der Waals surface area contributed by atoms with E-state index in [0.29, 0.717) is 5.69 Å². The molecule has 3 rings (SSSR count). The Kier molecular flexibility index (Phi) is 3.79. The van der Waals surface area contributed by atoms with Crippen LogP contribution in [-0.2, 0) is 0 Å². The van der Waals surface area contributed by atoms with E-state index in [4.69, 9.17) is 0 Å². The van der Waals surface area contributed by atoms with Crippen LogP contribution in [0.4, 0.5) is 5.69 Å². The van der Waals surface area contributed by atoms with Crippen LogP contribution in [0.5, 0.6) is 0 Å². The van der Waals surface area contributed by atoms with Crippen LogP contribution in [0.2, 0.25) is 0 Å². The highest BCUT2D eigenvalue weighted by molar-refractivity contribution is 9.10. The molecule has 0 atom stereocenters. The summed E-state index contributed by atoms with van der Waals surface area (Å²) in [5.74, 6) is -0.302. The summed E-state index contributed by atoms with van der Waals surface area (Å²) in [4.78, 5) is 13.6. The standard InChI is InChI=1S/C15H11BrN4O/c16-12-8-4-5-9-13(12)18-15(21)14-10-17-20(19-14)11-6-2-1-3-7-11/h1-10H,(H,18,21). The molecule has 0 saturated heterocycles. The maximum Gasteiger partial charge on any atom is 0.277 e. The van der Waals surface area contributed by atoms with Gasteiger partial charge in [-0.15, -0.1) is 5.10 Å². The zero-order valence-corrected chi connectivity index (χ0v) is 12.5. The van der Waals surface area contributed by atoms with E-state index in [1.165, 1.54) is 11.0 Å². The first-order valence-electron chi connectivity index (χ1n) is 6.28. The fraction of sp³-hybridized carbons (Fsp3) is 0. The topological polar surface area (TPSA) is 59.8 Å². The van der Waals surface area contributed by atoms with Gasteiger partial charge in [0.25, 0.3) is 5.91 Å². The summed E-state index contributed by atoms with van der Waals surface area (Å²) in [6, 6.07) is 16.8. The first kappa shape index (κ1) is 13.5. The summed E-state index contributed by atoms with van der Waals surface area (Å²) in [5, 5.41) is 11.1. The molecule has 0 aliphatic rings. The van der Waals surface area contributed by atoms with Crippen molar-refractivity contribution in [3.8, 4) is 5.69 Å². The van der Waals surface area contributed by atoms with Crippen molar-refractivity contribution in [1.82, 2.24) is 15.0 Å². The predicted octanol–water partition coefficient (Wildman–Crippen LogP) is 3.28. The molecule has 0 radical (unpaired) electrons. The minimum atomic E-state index is -0.302. The van der Waals surface area contributed by atoms with Crippen molar-refractivity contribution >= 4 is 27.5 Å². The van der Waals surface area contributed by atoms with Gasteiger partial charge in [-0.05, 0) is 40.2 Å². The molecule has 104 valence electrons. The molecule has 3 aromatic rings. The normalized spacial score (nSPS) is 10.3. The molecule has 5 nitrogen and oxygen atoms in total. The maximum atomic E-state index is 12.2. The monoisotopic (exact) mass is 342 g/mol. The molecule has 0 spiro atoms.